The van der Waals surface area contributed by atoms with E-state index in [2.05, 4.69) is 17.1 Å². The van der Waals surface area contributed by atoms with Crippen LogP contribution in [-0.2, 0) is 4.74 Å². The molecular weight excluding hydrogens is 224 g/mol. The molecular formula is C15H30N2O. The number of hydrogen-bond donors (Lipinski definition) is 1. The monoisotopic (exact) mass is 254 g/mol. The molecule has 0 aromatic rings. The fraction of sp³-hybridized carbons (Fsp3) is 1.00. The van der Waals surface area contributed by atoms with E-state index in [4.69, 9.17) is 4.74 Å². The van der Waals surface area contributed by atoms with Crippen LogP contribution >= 0.6 is 0 Å². The van der Waals surface area contributed by atoms with Gasteiger partial charge in [-0.15, -0.1) is 0 Å². The lowest BCUT2D eigenvalue weighted by molar-refractivity contribution is 0.0134. The molecule has 0 radical (unpaired) electrons. The number of hydrogen-bond acceptors (Lipinski definition) is 3. The molecule has 2 aliphatic rings. The van der Waals surface area contributed by atoms with Gasteiger partial charge in [0.05, 0.1) is 6.61 Å². The smallest absolute Gasteiger partial charge is 0.0531 e. The number of rotatable bonds is 5. The van der Waals surface area contributed by atoms with E-state index in [9.17, 15) is 0 Å². The highest BCUT2D eigenvalue weighted by molar-refractivity contribution is 4.88. The Morgan fingerprint density at radius 2 is 1.89 bits per heavy atom. The molecule has 2 saturated heterocycles. The van der Waals surface area contributed by atoms with E-state index in [0.29, 0.717) is 5.41 Å². The Morgan fingerprint density at radius 3 is 2.44 bits per heavy atom. The predicted molar refractivity (Wildman–Crippen MR) is 75.9 cm³/mol. The summed E-state index contributed by atoms with van der Waals surface area (Å²) in [7, 11) is 1.85. The molecule has 3 nitrogen and oxygen atoms in total. The fourth-order valence-corrected chi connectivity index (χ4v) is 3.64. The van der Waals surface area contributed by atoms with Gasteiger partial charge in [0.25, 0.3) is 0 Å². The average Bonchev–Trinajstić information content (AvgIpc) is 2.41. The molecule has 18 heavy (non-hydrogen) atoms. The number of piperidine rings is 2. The Labute approximate surface area is 112 Å². The summed E-state index contributed by atoms with van der Waals surface area (Å²) in [4.78, 5) is 2.69. The standard InChI is InChI=1S/C15H30N2O/c1-3-14-4-10-17(11-5-14)12-15(13-18-2)6-8-16-9-7-15/h14,16H,3-13H2,1-2H3. The summed E-state index contributed by atoms with van der Waals surface area (Å²) in [6.07, 6.45) is 6.71. The van der Waals surface area contributed by atoms with Gasteiger partial charge in [-0.25, -0.2) is 0 Å². The Morgan fingerprint density at radius 1 is 1.22 bits per heavy atom. The Bertz CT molecular complexity index is 225. The van der Waals surface area contributed by atoms with Crippen LogP contribution in [0.25, 0.3) is 0 Å². The Kier molecular flexibility index (Phi) is 5.46. The highest BCUT2D eigenvalue weighted by Gasteiger charge is 2.34. The lowest BCUT2D eigenvalue weighted by Gasteiger charge is -2.43. The van der Waals surface area contributed by atoms with Gasteiger partial charge in [-0.2, -0.15) is 0 Å². The molecule has 2 heterocycles. The number of methoxy groups -OCH3 is 1. The largest absolute Gasteiger partial charge is 0.384 e. The third-order valence-corrected chi connectivity index (χ3v) is 4.96. The van der Waals surface area contributed by atoms with Crippen molar-refractivity contribution in [1.82, 2.24) is 10.2 Å². The maximum Gasteiger partial charge on any atom is 0.0531 e. The van der Waals surface area contributed by atoms with Crippen LogP contribution in [0.5, 0.6) is 0 Å². The molecule has 106 valence electrons. The summed E-state index contributed by atoms with van der Waals surface area (Å²) in [5, 5.41) is 3.48. The van der Waals surface area contributed by atoms with Crippen molar-refractivity contribution in [3.05, 3.63) is 0 Å². The summed E-state index contributed by atoms with van der Waals surface area (Å²) in [5.41, 5.74) is 0.416. The zero-order chi connectivity index (χ0) is 12.8. The van der Waals surface area contributed by atoms with Gasteiger partial charge in [0.2, 0.25) is 0 Å². The second kappa shape index (κ2) is 6.88. The van der Waals surface area contributed by atoms with Crippen molar-refractivity contribution in [2.24, 2.45) is 11.3 Å². The first-order valence-electron chi connectivity index (χ1n) is 7.70. The average molecular weight is 254 g/mol. The zero-order valence-corrected chi connectivity index (χ0v) is 12.2. The quantitative estimate of drug-likeness (QED) is 0.813. The summed E-state index contributed by atoms with van der Waals surface area (Å²) in [6, 6.07) is 0. The highest BCUT2D eigenvalue weighted by atomic mass is 16.5. The van der Waals surface area contributed by atoms with E-state index in [1.807, 2.05) is 7.11 Å². The topological polar surface area (TPSA) is 24.5 Å². The van der Waals surface area contributed by atoms with Gasteiger partial charge in [0, 0.05) is 19.1 Å². The minimum Gasteiger partial charge on any atom is -0.384 e. The molecule has 0 aliphatic carbocycles. The molecule has 3 heteroatoms. The van der Waals surface area contributed by atoms with Gasteiger partial charge < -0.3 is 15.0 Å². The molecule has 2 aliphatic heterocycles. The predicted octanol–water partition coefficient (Wildman–Crippen LogP) is 2.12. The second-order valence-electron chi connectivity index (χ2n) is 6.31. The molecule has 0 saturated carbocycles. The maximum absolute atomic E-state index is 5.51. The summed E-state index contributed by atoms with van der Waals surface area (Å²) < 4.78 is 5.51. The van der Waals surface area contributed by atoms with Crippen molar-refractivity contribution >= 4 is 0 Å². The zero-order valence-electron chi connectivity index (χ0n) is 12.2. The van der Waals surface area contributed by atoms with E-state index in [1.54, 1.807) is 0 Å². The highest BCUT2D eigenvalue weighted by Crippen LogP contribution is 2.32. The fourth-order valence-electron chi connectivity index (χ4n) is 3.64. The van der Waals surface area contributed by atoms with E-state index in [-0.39, 0.29) is 0 Å². The van der Waals surface area contributed by atoms with Crippen LogP contribution in [0.15, 0.2) is 0 Å². The summed E-state index contributed by atoms with van der Waals surface area (Å²) in [5.74, 6) is 0.979. The van der Waals surface area contributed by atoms with E-state index in [0.717, 1.165) is 25.6 Å². The maximum atomic E-state index is 5.51. The molecule has 0 amide bonds. The van der Waals surface area contributed by atoms with Gasteiger partial charge in [-0.05, 0) is 57.8 Å². The summed E-state index contributed by atoms with van der Waals surface area (Å²) in [6.45, 7) is 9.44. The van der Waals surface area contributed by atoms with Crippen LogP contribution in [0, 0.1) is 11.3 Å². The molecule has 0 spiro atoms. The van der Waals surface area contributed by atoms with Gasteiger partial charge in [-0.3, -0.25) is 0 Å². The molecule has 0 unspecified atom stereocenters. The van der Waals surface area contributed by atoms with Crippen LogP contribution in [-0.4, -0.2) is 51.3 Å². The molecule has 1 N–H and O–H groups in total. The third kappa shape index (κ3) is 3.69. The van der Waals surface area contributed by atoms with Crippen LogP contribution in [0.2, 0.25) is 0 Å². The second-order valence-corrected chi connectivity index (χ2v) is 6.31. The van der Waals surface area contributed by atoms with Crippen molar-refractivity contribution < 1.29 is 4.74 Å². The molecule has 0 bridgehead atoms. The lowest BCUT2D eigenvalue weighted by Crippen LogP contribution is -2.49. The molecule has 0 aromatic carbocycles. The Balaban J connectivity index is 1.85. The van der Waals surface area contributed by atoms with Crippen molar-refractivity contribution in [1.29, 1.82) is 0 Å². The first kappa shape index (κ1) is 14.3. The van der Waals surface area contributed by atoms with E-state index >= 15 is 0 Å². The third-order valence-electron chi connectivity index (χ3n) is 4.96. The number of likely N-dealkylation sites (tertiary alicyclic amines) is 1. The van der Waals surface area contributed by atoms with Crippen LogP contribution in [0.3, 0.4) is 0 Å². The molecule has 0 aromatic heterocycles. The van der Waals surface area contributed by atoms with Gasteiger partial charge in [0.1, 0.15) is 0 Å². The van der Waals surface area contributed by atoms with Crippen LogP contribution in [0.1, 0.15) is 39.0 Å². The van der Waals surface area contributed by atoms with Gasteiger partial charge in [-0.1, -0.05) is 13.3 Å². The normalized spacial score (nSPS) is 26.3. The Hall–Kier alpha value is -0.120. The SMILES string of the molecule is CCC1CCN(CC2(COC)CCNCC2)CC1. The lowest BCUT2D eigenvalue weighted by atomic mass is 9.78. The molecule has 0 atom stereocenters. The van der Waals surface area contributed by atoms with Gasteiger partial charge >= 0.3 is 0 Å². The first-order valence-corrected chi connectivity index (χ1v) is 7.70. The van der Waals surface area contributed by atoms with Crippen molar-refractivity contribution in [2.75, 3.05) is 46.4 Å². The number of ether oxygens (including phenoxy) is 1. The first-order chi connectivity index (χ1) is 8.78. The van der Waals surface area contributed by atoms with Crippen molar-refractivity contribution in [3.63, 3.8) is 0 Å². The minimum atomic E-state index is 0.416. The van der Waals surface area contributed by atoms with Crippen molar-refractivity contribution in [2.45, 2.75) is 39.0 Å². The molecule has 2 fully saturated rings. The van der Waals surface area contributed by atoms with Crippen LogP contribution < -0.4 is 5.32 Å². The number of nitrogens with one attached hydrogen (secondary N) is 1. The molecule has 2 rings (SSSR count). The number of nitrogens with zero attached hydrogens (tertiary/aromatic N) is 1. The van der Waals surface area contributed by atoms with Crippen molar-refractivity contribution in [3.8, 4) is 0 Å². The van der Waals surface area contributed by atoms with E-state index < -0.39 is 0 Å². The van der Waals surface area contributed by atoms with Crippen LogP contribution in [0.4, 0.5) is 0 Å². The summed E-state index contributed by atoms with van der Waals surface area (Å²) >= 11 is 0. The minimum absolute atomic E-state index is 0.416. The van der Waals surface area contributed by atoms with E-state index in [1.165, 1.54) is 51.7 Å². The van der Waals surface area contributed by atoms with Gasteiger partial charge in [0.15, 0.2) is 0 Å².